The van der Waals surface area contributed by atoms with E-state index in [1.165, 1.54) is 16.4 Å². The van der Waals surface area contributed by atoms with Crippen molar-refractivity contribution in [2.45, 2.75) is 45.7 Å². The molecule has 1 aliphatic heterocycles. The van der Waals surface area contributed by atoms with Crippen molar-refractivity contribution in [2.75, 3.05) is 0 Å². The summed E-state index contributed by atoms with van der Waals surface area (Å²) in [5.74, 6) is -1.29. The van der Waals surface area contributed by atoms with Crippen LogP contribution in [0.25, 0.3) is 0 Å². The first-order valence-corrected chi connectivity index (χ1v) is 10.7. The molecule has 0 unspecified atom stereocenters. The molecule has 166 valence electrons. The van der Waals surface area contributed by atoms with Crippen molar-refractivity contribution < 1.29 is 14.7 Å². The van der Waals surface area contributed by atoms with E-state index in [1.807, 2.05) is 19.1 Å². The lowest BCUT2D eigenvalue weighted by Gasteiger charge is -2.53. The van der Waals surface area contributed by atoms with Gasteiger partial charge in [-0.2, -0.15) is 0 Å². The van der Waals surface area contributed by atoms with Crippen molar-refractivity contribution >= 4 is 11.6 Å². The number of benzene rings is 1. The van der Waals surface area contributed by atoms with Gasteiger partial charge in [-0.3, -0.25) is 9.59 Å². The third-order valence-electron chi connectivity index (χ3n) is 7.83. The molecule has 0 saturated heterocycles. The predicted octanol–water partition coefficient (Wildman–Crippen LogP) is 1.83. The van der Waals surface area contributed by atoms with Gasteiger partial charge < -0.3 is 5.11 Å². The van der Waals surface area contributed by atoms with Crippen LogP contribution in [-0.2, 0) is 23.2 Å². The Balaban J connectivity index is 1.81. The Morgan fingerprint density at radius 2 is 1.78 bits per heavy atom. The molecule has 8 heteroatoms. The number of aromatic nitrogens is 3. The average Bonchev–Trinajstić information content (AvgIpc) is 2.99. The summed E-state index contributed by atoms with van der Waals surface area (Å²) < 4.78 is 3.89. The molecule has 2 heterocycles. The molecule has 1 N–H and O–H groups in total. The monoisotopic (exact) mass is 435 g/mol. The highest BCUT2D eigenvalue weighted by Gasteiger charge is 2.60. The number of rotatable bonds is 1. The summed E-state index contributed by atoms with van der Waals surface area (Å²) in [6.45, 7) is 5.40. The predicted molar refractivity (Wildman–Crippen MR) is 117 cm³/mol. The van der Waals surface area contributed by atoms with Crippen molar-refractivity contribution in [1.82, 2.24) is 13.9 Å². The molecule has 0 radical (unpaired) electrons. The minimum Gasteiger partial charge on any atom is -0.508 e. The van der Waals surface area contributed by atoms with Crippen LogP contribution < -0.4 is 11.4 Å². The second kappa shape index (κ2) is 6.54. The zero-order valence-electron chi connectivity index (χ0n) is 18.5. The Kier molecular flexibility index (Phi) is 4.19. The van der Waals surface area contributed by atoms with Crippen LogP contribution in [0.5, 0.6) is 5.75 Å². The fourth-order valence-electron chi connectivity index (χ4n) is 6.03. The molecule has 1 aromatic heterocycles. The fourth-order valence-corrected chi connectivity index (χ4v) is 6.03. The molecule has 0 bridgehead atoms. The van der Waals surface area contributed by atoms with Crippen molar-refractivity contribution in [2.24, 2.45) is 18.4 Å². The Morgan fingerprint density at radius 1 is 1.06 bits per heavy atom. The first-order valence-electron chi connectivity index (χ1n) is 10.7. The van der Waals surface area contributed by atoms with Gasteiger partial charge in [-0.15, -0.1) is 0 Å². The van der Waals surface area contributed by atoms with Crippen LogP contribution in [0.3, 0.4) is 0 Å². The highest BCUT2D eigenvalue weighted by molar-refractivity contribution is 6.15. The van der Waals surface area contributed by atoms with Gasteiger partial charge in [-0.25, -0.2) is 23.5 Å². The number of carbonyl (C=O) groups is 2. The van der Waals surface area contributed by atoms with Gasteiger partial charge in [0.05, 0.1) is 18.0 Å². The topological polar surface area (TPSA) is 103 Å². The molecule has 1 saturated carbocycles. The number of ketones is 2. The molecule has 4 atom stereocenters. The zero-order valence-corrected chi connectivity index (χ0v) is 18.5. The Hall–Kier alpha value is -3.42. The minimum absolute atomic E-state index is 0.0630. The van der Waals surface area contributed by atoms with Gasteiger partial charge in [0.2, 0.25) is 0 Å². The van der Waals surface area contributed by atoms with E-state index < -0.39 is 34.7 Å². The summed E-state index contributed by atoms with van der Waals surface area (Å²) in [6, 6.07) is 6.19. The number of aromatic hydroxyl groups is 1. The minimum atomic E-state index is -1.06. The molecule has 1 aromatic carbocycles. The normalized spacial score (nSPS) is 29.4. The number of nitrogens with zero attached hydrogens (tertiary/aromatic N) is 3. The van der Waals surface area contributed by atoms with E-state index in [4.69, 9.17) is 0 Å². The molecule has 0 amide bonds. The SMILES string of the molecule is CC1=C(C)C(=O)[C@@]2(C)[C@@H](c3cccc(O)c3)C3=CCn4c(=O)n(C)c(=O)n4[C@@H]3C[C@H]2C1=O. The van der Waals surface area contributed by atoms with Crippen molar-refractivity contribution in [1.29, 1.82) is 0 Å². The number of hydrogen-bond donors (Lipinski definition) is 1. The van der Waals surface area contributed by atoms with Crippen LogP contribution >= 0.6 is 0 Å². The van der Waals surface area contributed by atoms with Crippen LogP contribution in [-0.4, -0.2) is 30.6 Å². The number of fused-ring (bicyclic) bond motifs is 4. The van der Waals surface area contributed by atoms with Gasteiger partial charge in [0.15, 0.2) is 11.6 Å². The molecule has 5 rings (SSSR count). The van der Waals surface area contributed by atoms with Gasteiger partial charge >= 0.3 is 11.4 Å². The highest BCUT2D eigenvalue weighted by Crippen LogP contribution is 2.60. The number of hydrogen-bond acceptors (Lipinski definition) is 5. The zero-order chi connectivity index (χ0) is 23.1. The lowest BCUT2D eigenvalue weighted by atomic mass is 9.50. The summed E-state index contributed by atoms with van der Waals surface area (Å²) in [4.78, 5) is 52.7. The number of carbonyl (C=O) groups excluding carboxylic acids is 2. The van der Waals surface area contributed by atoms with Crippen LogP contribution in [0.1, 0.15) is 44.7 Å². The van der Waals surface area contributed by atoms with Crippen molar-refractivity contribution in [3.05, 3.63) is 73.6 Å². The summed E-state index contributed by atoms with van der Waals surface area (Å²) in [5.41, 5.74) is 0.540. The van der Waals surface area contributed by atoms with Gasteiger partial charge in [0.25, 0.3) is 0 Å². The van der Waals surface area contributed by atoms with E-state index in [0.717, 1.165) is 10.1 Å². The van der Waals surface area contributed by atoms with Crippen LogP contribution in [0.15, 0.2) is 56.6 Å². The lowest BCUT2D eigenvalue weighted by Crippen LogP contribution is -2.55. The molecular formula is C24H25N3O5. The van der Waals surface area contributed by atoms with Crippen molar-refractivity contribution in [3.63, 3.8) is 0 Å². The van der Waals surface area contributed by atoms with Crippen LogP contribution in [0.2, 0.25) is 0 Å². The molecule has 2 aromatic rings. The quantitative estimate of drug-likeness (QED) is 0.689. The van der Waals surface area contributed by atoms with Crippen molar-refractivity contribution in [3.8, 4) is 5.75 Å². The average molecular weight is 435 g/mol. The third-order valence-corrected chi connectivity index (χ3v) is 7.83. The maximum Gasteiger partial charge on any atom is 0.347 e. The Bertz CT molecular complexity index is 1380. The molecule has 8 nitrogen and oxygen atoms in total. The van der Waals surface area contributed by atoms with Gasteiger partial charge in [0, 0.05) is 18.9 Å². The first-order chi connectivity index (χ1) is 15.1. The molecule has 1 fully saturated rings. The molecule has 0 spiro atoms. The Labute approximate surface area is 184 Å². The highest BCUT2D eigenvalue weighted by atomic mass is 16.3. The molecule has 2 aliphatic carbocycles. The van der Waals surface area contributed by atoms with E-state index >= 15 is 0 Å². The molecule has 3 aliphatic rings. The number of phenolic OH excluding ortho intramolecular Hbond substituents is 1. The fraction of sp³-hybridized carbons (Fsp3) is 0.417. The van der Waals surface area contributed by atoms with Gasteiger partial charge in [0.1, 0.15) is 5.75 Å². The van der Waals surface area contributed by atoms with Crippen LogP contribution in [0.4, 0.5) is 0 Å². The second-order valence-electron chi connectivity index (χ2n) is 9.31. The van der Waals surface area contributed by atoms with E-state index in [2.05, 4.69) is 0 Å². The standard InChI is InChI=1S/C24H25N3O5/c1-12-13(2)21(30)24(3)17(20(12)29)11-18-16(19(24)14-6-5-7-15(28)10-14)8-9-26-22(31)25(4)23(32)27(18)26/h5-8,10,17-19,28H,9,11H2,1-4H3/t17-,18+,19-,24+/m0/s1. The maximum absolute atomic E-state index is 13.7. The smallest absolute Gasteiger partial charge is 0.347 e. The summed E-state index contributed by atoms with van der Waals surface area (Å²) >= 11 is 0. The van der Waals surface area contributed by atoms with E-state index in [9.17, 15) is 24.3 Å². The van der Waals surface area contributed by atoms with E-state index in [0.29, 0.717) is 16.7 Å². The van der Waals surface area contributed by atoms with Crippen LogP contribution in [0, 0.1) is 11.3 Å². The number of Topliss-reactive ketones (excluding diaryl/α,β-unsaturated/α-hetero) is 2. The number of phenols is 1. The number of allylic oxidation sites excluding steroid dienone is 4. The molecular weight excluding hydrogens is 410 g/mol. The summed E-state index contributed by atoms with van der Waals surface area (Å²) in [6.07, 6.45) is 2.16. The summed E-state index contributed by atoms with van der Waals surface area (Å²) in [5, 5.41) is 10.2. The van der Waals surface area contributed by atoms with E-state index in [-0.39, 0.29) is 30.3 Å². The third kappa shape index (κ3) is 2.37. The van der Waals surface area contributed by atoms with E-state index in [1.54, 1.807) is 32.0 Å². The lowest BCUT2D eigenvalue weighted by molar-refractivity contribution is -0.140. The Morgan fingerprint density at radius 3 is 2.47 bits per heavy atom. The second-order valence-corrected chi connectivity index (χ2v) is 9.31. The maximum atomic E-state index is 13.7. The molecule has 32 heavy (non-hydrogen) atoms. The largest absolute Gasteiger partial charge is 0.508 e. The van der Waals surface area contributed by atoms with Gasteiger partial charge in [-0.05, 0) is 54.7 Å². The van der Waals surface area contributed by atoms with Gasteiger partial charge in [-0.1, -0.05) is 25.1 Å². The first kappa shape index (κ1) is 20.5. The summed E-state index contributed by atoms with van der Waals surface area (Å²) in [7, 11) is 1.44.